The number of aromatic nitrogens is 2. The first kappa shape index (κ1) is 23.6. The van der Waals surface area contributed by atoms with Crippen LogP contribution in [0.15, 0.2) is 65.7 Å². The standard InChI is InChI=1S/C28H30N2O.CH2O2/c1-19-8-10-22(11-9-19)26-18-30(17-21-6-4-3-5-7-21)27-15-23(12-13-25(26)27)24-14-20(2)28(31)29-16-24;2-1-3/h8-16,18,21H,3-7,17H2,1-2H3,(H,29,31);1H,(H,2,3). The van der Waals surface area contributed by atoms with Crippen molar-refractivity contribution < 1.29 is 9.90 Å². The smallest absolute Gasteiger partial charge is 0.290 e. The largest absolute Gasteiger partial charge is 0.483 e. The molecule has 34 heavy (non-hydrogen) atoms. The maximum Gasteiger partial charge on any atom is 0.290 e. The van der Waals surface area contributed by atoms with Crippen molar-refractivity contribution in [2.24, 2.45) is 5.92 Å². The van der Waals surface area contributed by atoms with Crippen LogP contribution in [-0.4, -0.2) is 21.1 Å². The molecule has 0 saturated heterocycles. The molecule has 5 heteroatoms. The van der Waals surface area contributed by atoms with Crippen LogP contribution in [0.1, 0.15) is 43.2 Å². The van der Waals surface area contributed by atoms with Crippen molar-refractivity contribution >= 4 is 17.4 Å². The summed E-state index contributed by atoms with van der Waals surface area (Å²) >= 11 is 0. The third-order valence-electron chi connectivity index (χ3n) is 6.85. The van der Waals surface area contributed by atoms with Gasteiger partial charge in [0.2, 0.25) is 0 Å². The number of pyridine rings is 1. The SMILES string of the molecule is Cc1ccc(-c2cn(CC3CCCCC3)c3cc(-c4c[nH]c(=O)c(C)c4)ccc23)cc1.O=CO. The fourth-order valence-electron chi connectivity index (χ4n) is 5.00. The number of carbonyl (C=O) groups is 1. The molecule has 4 aromatic rings. The van der Waals surface area contributed by atoms with E-state index in [-0.39, 0.29) is 12.0 Å². The lowest BCUT2D eigenvalue weighted by molar-refractivity contribution is -0.122. The molecule has 0 radical (unpaired) electrons. The second kappa shape index (κ2) is 10.6. The Morgan fingerprint density at radius 3 is 2.32 bits per heavy atom. The van der Waals surface area contributed by atoms with Crippen LogP contribution in [0.25, 0.3) is 33.2 Å². The van der Waals surface area contributed by atoms with E-state index in [1.54, 1.807) is 0 Å². The summed E-state index contributed by atoms with van der Waals surface area (Å²) < 4.78 is 2.47. The van der Waals surface area contributed by atoms with E-state index in [4.69, 9.17) is 9.90 Å². The molecule has 2 aromatic carbocycles. The molecule has 2 aromatic heterocycles. The van der Waals surface area contributed by atoms with Crippen molar-refractivity contribution in [2.75, 3.05) is 0 Å². The highest BCUT2D eigenvalue weighted by Crippen LogP contribution is 2.35. The van der Waals surface area contributed by atoms with E-state index in [1.807, 2.05) is 19.2 Å². The van der Waals surface area contributed by atoms with Crippen molar-refractivity contribution in [2.45, 2.75) is 52.5 Å². The van der Waals surface area contributed by atoms with E-state index in [1.165, 1.54) is 59.7 Å². The molecule has 0 bridgehead atoms. The highest BCUT2D eigenvalue weighted by atomic mass is 16.3. The first-order chi connectivity index (χ1) is 16.5. The molecule has 0 aliphatic heterocycles. The second-order valence-corrected chi connectivity index (χ2v) is 9.30. The molecular weight excluding hydrogens is 424 g/mol. The van der Waals surface area contributed by atoms with Gasteiger partial charge in [-0.05, 0) is 61.4 Å². The summed E-state index contributed by atoms with van der Waals surface area (Å²) in [4.78, 5) is 23.0. The Kier molecular flexibility index (Phi) is 7.31. The van der Waals surface area contributed by atoms with Gasteiger partial charge in [-0.2, -0.15) is 0 Å². The molecule has 2 N–H and O–H groups in total. The molecule has 5 rings (SSSR count). The summed E-state index contributed by atoms with van der Waals surface area (Å²) in [7, 11) is 0. The zero-order chi connectivity index (χ0) is 24.1. The van der Waals surface area contributed by atoms with E-state index in [9.17, 15) is 4.79 Å². The van der Waals surface area contributed by atoms with Crippen LogP contribution in [0.3, 0.4) is 0 Å². The van der Waals surface area contributed by atoms with Crippen molar-refractivity contribution in [3.63, 3.8) is 0 Å². The van der Waals surface area contributed by atoms with E-state index < -0.39 is 0 Å². The minimum Gasteiger partial charge on any atom is -0.483 e. The van der Waals surface area contributed by atoms with Gasteiger partial charge in [-0.1, -0.05) is 61.2 Å². The maximum absolute atomic E-state index is 11.8. The van der Waals surface area contributed by atoms with Gasteiger partial charge in [0, 0.05) is 41.0 Å². The predicted molar refractivity (Wildman–Crippen MR) is 138 cm³/mol. The second-order valence-electron chi connectivity index (χ2n) is 9.30. The zero-order valence-electron chi connectivity index (χ0n) is 19.9. The van der Waals surface area contributed by atoms with Gasteiger partial charge in [0.25, 0.3) is 12.0 Å². The van der Waals surface area contributed by atoms with E-state index in [0.717, 1.165) is 29.2 Å². The average Bonchev–Trinajstić information content (AvgIpc) is 3.20. The summed E-state index contributed by atoms with van der Waals surface area (Å²) in [6, 6.07) is 17.5. The van der Waals surface area contributed by atoms with Crippen LogP contribution in [0, 0.1) is 19.8 Å². The number of nitrogens with zero attached hydrogens (tertiary/aromatic N) is 1. The molecule has 0 spiro atoms. The summed E-state index contributed by atoms with van der Waals surface area (Å²) in [5, 5.41) is 8.18. The lowest BCUT2D eigenvalue weighted by Crippen LogP contribution is -2.13. The molecular formula is C29H32N2O3. The summed E-state index contributed by atoms with van der Waals surface area (Å²) in [5.41, 5.74) is 8.06. The van der Waals surface area contributed by atoms with Crippen LogP contribution in [0.2, 0.25) is 0 Å². The Labute approximate surface area is 200 Å². The summed E-state index contributed by atoms with van der Waals surface area (Å²) in [6.07, 6.45) is 10.9. The van der Waals surface area contributed by atoms with Crippen LogP contribution in [-0.2, 0) is 11.3 Å². The fourth-order valence-corrected chi connectivity index (χ4v) is 5.00. The van der Waals surface area contributed by atoms with Crippen LogP contribution < -0.4 is 5.56 Å². The molecule has 0 unspecified atom stereocenters. The van der Waals surface area contributed by atoms with Gasteiger partial charge in [0.15, 0.2) is 0 Å². The minimum atomic E-state index is -0.250. The lowest BCUT2D eigenvalue weighted by atomic mass is 9.89. The van der Waals surface area contributed by atoms with Crippen molar-refractivity contribution in [1.29, 1.82) is 0 Å². The van der Waals surface area contributed by atoms with E-state index in [2.05, 4.69) is 65.1 Å². The van der Waals surface area contributed by atoms with Gasteiger partial charge in [-0.15, -0.1) is 0 Å². The normalized spacial score (nSPS) is 13.9. The zero-order valence-corrected chi connectivity index (χ0v) is 19.9. The quantitative estimate of drug-likeness (QED) is 0.341. The third-order valence-corrected chi connectivity index (χ3v) is 6.85. The van der Waals surface area contributed by atoms with Crippen LogP contribution >= 0.6 is 0 Å². The Bertz CT molecular complexity index is 1330. The fraction of sp³-hybridized carbons (Fsp3) is 0.310. The Balaban J connectivity index is 0.000000868. The van der Waals surface area contributed by atoms with E-state index in [0.29, 0.717) is 0 Å². The van der Waals surface area contributed by atoms with Crippen LogP contribution in [0.5, 0.6) is 0 Å². The van der Waals surface area contributed by atoms with Gasteiger partial charge in [0.1, 0.15) is 0 Å². The molecule has 0 atom stereocenters. The predicted octanol–water partition coefficient (Wildman–Crippen LogP) is 6.56. The Morgan fingerprint density at radius 1 is 0.971 bits per heavy atom. The molecule has 5 nitrogen and oxygen atoms in total. The van der Waals surface area contributed by atoms with Gasteiger partial charge >= 0.3 is 0 Å². The molecule has 176 valence electrons. The number of fused-ring (bicyclic) bond motifs is 1. The number of benzene rings is 2. The average molecular weight is 457 g/mol. The van der Waals surface area contributed by atoms with Gasteiger partial charge in [-0.25, -0.2) is 0 Å². The lowest BCUT2D eigenvalue weighted by Gasteiger charge is -2.22. The number of rotatable bonds is 4. The van der Waals surface area contributed by atoms with Gasteiger partial charge in [-0.3, -0.25) is 9.59 Å². The summed E-state index contributed by atoms with van der Waals surface area (Å²) in [6.45, 7) is 4.83. The van der Waals surface area contributed by atoms with Gasteiger partial charge in [0.05, 0.1) is 0 Å². The molecule has 1 aliphatic rings. The Morgan fingerprint density at radius 2 is 1.65 bits per heavy atom. The number of aryl methyl sites for hydroxylation is 2. The van der Waals surface area contributed by atoms with Crippen LogP contribution in [0.4, 0.5) is 0 Å². The van der Waals surface area contributed by atoms with E-state index >= 15 is 0 Å². The number of aromatic amines is 1. The Hall–Kier alpha value is -3.60. The number of H-pyrrole nitrogens is 1. The van der Waals surface area contributed by atoms with Crippen molar-refractivity contribution in [3.05, 3.63) is 82.4 Å². The number of nitrogens with one attached hydrogen (secondary N) is 1. The molecule has 1 fully saturated rings. The monoisotopic (exact) mass is 456 g/mol. The number of carboxylic acid groups (broad SMARTS) is 1. The molecule has 2 heterocycles. The summed E-state index contributed by atoms with van der Waals surface area (Å²) in [5.74, 6) is 0.759. The van der Waals surface area contributed by atoms with Crippen molar-refractivity contribution in [3.8, 4) is 22.3 Å². The molecule has 1 aliphatic carbocycles. The first-order valence-electron chi connectivity index (χ1n) is 12.0. The molecule has 1 saturated carbocycles. The minimum absolute atomic E-state index is 0.0211. The molecule has 0 amide bonds. The highest BCUT2D eigenvalue weighted by molar-refractivity contribution is 5.98. The number of hydrogen-bond acceptors (Lipinski definition) is 2. The highest BCUT2D eigenvalue weighted by Gasteiger charge is 2.18. The topological polar surface area (TPSA) is 75.1 Å². The number of hydrogen-bond donors (Lipinski definition) is 2. The first-order valence-corrected chi connectivity index (χ1v) is 12.0. The van der Waals surface area contributed by atoms with Gasteiger partial charge < -0.3 is 14.7 Å². The maximum atomic E-state index is 11.8. The third kappa shape index (κ3) is 5.14. The van der Waals surface area contributed by atoms with Crippen molar-refractivity contribution in [1.82, 2.24) is 9.55 Å².